The summed E-state index contributed by atoms with van der Waals surface area (Å²) in [6, 6.07) is 51.1. The van der Waals surface area contributed by atoms with Gasteiger partial charge in [-0.2, -0.15) is 0 Å². The van der Waals surface area contributed by atoms with E-state index in [0.717, 1.165) is 93.6 Å². The predicted octanol–water partition coefficient (Wildman–Crippen LogP) is 12.2. The highest BCUT2D eigenvalue weighted by molar-refractivity contribution is 6.14. The Morgan fingerprint density at radius 2 is 0.784 bits per heavy atom. The number of nitrogens with zero attached hydrogens (tertiary/aromatic N) is 3. The van der Waals surface area contributed by atoms with Crippen LogP contribution in [0.25, 0.3) is 111 Å². The highest BCUT2D eigenvalue weighted by Crippen LogP contribution is 2.41. The van der Waals surface area contributed by atoms with Crippen LogP contribution in [0.15, 0.2) is 165 Å². The highest BCUT2D eigenvalue weighted by atomic mass is 16.3. The molecule has 0 atom stereocenters. The van der Waals surface area contributed by atoms with Crippen LogP contribution in [0.5, 0.6) is 0 Å². The summed E-state index contributed by atoms with van der Waals surface area (Å²) < 4.78 is 19.1. The minimum atomic E-state index is 0.536. The van der Waals surface area contributed by atoms with Crippen molar-refractivity contribution in [1.29, 1.82) is 0 Å². The van der Waals surface area contributed by atoms with Crippen LogP contribution >= 0.6 is 0 Å². The summed E-state index contributed by atoms with van der Waals surface area (Å²) >= 11 is 0. The third kappa shape index (κ3) is 4.33. The van der Waals surface area contributed by atoms with Crippen LogP contribution in [0, 0.1) is 0 Å². The first-order valence-electron chi connectivity index (χ1n) is 16.8. The fourth-order valence-corrected chi connectivity index (χ4v) is 7.32. The Balaban J connectivity index is 1.11. The van der Waals surface area contributed by atoms with Gasteiger partial charge in [0.15, 0.2) is 17.5 Å². The Kier molecular flexibility index (Phi) is 5.86. The molecule has 11 aromatic rings. The molecule has 4 aromatic heterocycles. The van der Waals surface area contributed by atoms with Gasteiger partial charge < -0.3 is 13.3 Å². The molecular formula is C45H25N3O3. The molecule has 0 bridgehead atoms. The zero-order valence-electron chi connectivity index (χ0n) is 27.0. The number of rotatable bonds is 4. The van der Waals surface area contributed by atoms with Crippen molar-refractivity contribution in [2.75, 3.05) is 0 Å². The van der Waals surface area contributed by atoms with Crippen LogP contribution in [0.4, 0.5) is 0 Å². The number of fused-ring (bicyclic) bond motifs is 9. The number of aromatic nitrogens is 3. The molecule has 6 nitrogen and oxygen atoms in total. The normalized spacial score (nSPS) is 11.9. The summed E-state index contributed by atoms with van der Waals surface area (Å²) in [6.07, 6.45) is 0. The van der Waals surface area contributed by atoms with E-state index in [1.807, 2.05) is 97.1 Å². The molecule has 0 aliphatic carbocycles. The maximum absolute atomic E-state index is 6.85. The van der Waals surface area contributed by atoms with Gasteiger partial charge in [0.25, 0.3) is 0 Å². The second-order valence-corrected chi connectivity index (χ2v) is 12.8. The first-order chi connectivity index (χ1) is 25.2. The summed E-state index contributed by atoms with van der Waals surface area (Å²) in [5, 5.41) is 6.25. The molecule has 0 aliphatic heterocycles. The van der Waals surface area contributed by atoms with Gasteiger partial charge in [-0.1, -0.05) is 103 Å². The second kappa shape index (κ2) is 10.7. The standard InChI is InChI=1S/C45H25N3O3/c1-2-10-26(11-3-1)43-46-44(28-21-23-40-36(25-28)31-13-5-7-19-38(31)50-40)48-45(47-43)34-17-9-16-33-32-15-8-14-29(41(32)51-42(33)34)27-20-22-39-35(24-27)30-12-4-6-18-37(30)49-39/h1-25H. The Labute approximate surface area is 290 Å². The smallest absolute Gasteiger partial charge is 0.167 e. The van der Waals surface area contributed by atoms with Gasteiger partial charge in [0.1, 0.15) is 33.5 Å². The number of hydrogen-bond acceptors (Lipinski definition) is 6. The molecule has 4 heterocycles. The van der Waals surface area contributed by atoms with E-state index in [-0.39, 0.29) is 0 Å². The van der Waals surface area contributed by atoms with Crippen molar-refractivity contribution in [2.45, 2.75) is 0 Å². The molecule has 0 N–H and O–H groups in total. The van der Waals surface area contributed by atoms with Gasteiger partial charge in [0.2, 0.25) is 0 Å². The molecule has 0 saturated carbocycles. The van der Waals surface area contributed by atoms with E-state index < -0.39 is 0 Å². The maximum atomic E-state index is 6.85. The molecule has 0 unspecified atom stereocenters. The van der Waals surface area contributed by atoms with Gasteiger partial charge in [-0.15, -0.1) is 0 Å². The molecule has 0 fully saturated rings. The van der Waals surface area contributed by atoms with E-state index in [9.17, 15) is 0 Å². The first kappa shape index (κ1) is 27.9. The summed E-state index contributed by atoms with van der Waals surface area (Å²) in [5.74, 6) is 1.69. The monoisotopic (exact) mass is 655 g/mol. The topological polar surface area (TPSA) is 78.1 Å². The van der Waals surface area contributed by atoms with Crippen LogP contribution < -0.4 is 0 Å². The molecule has 0 radical (unpaired) electrons. The molecular weight excluding hydrogens is 631 g/mol. The maximum Gasteiger partial charge on any atom is 0.167 e. The lowest BCUT2D eigenvalue weighted by molar-refractivity contribution is 0.668. The van der Waals surface area contributed by atoms with E-state index in [0.29, 0.717) is 17.5 Å². The number of furan rings is 3. The Bertz CT molecular complexity index is 3150. The van der Waals surface area contributed by atoms with Crippen LogP contribution in [0.1, 0.15) is 0 Å². The van der Waals surface area contributed by atoms with E-state index in [4.69, 9.17) is 28.2 Å². The number of benzene rings is 7. The molecule has 0 amide bonds. The highest BCUT2D eigenvalue weighted by Gasteiger charge is 2.20. The van der Waals surface area contributed by atoms with Crippen LogP contribution in [0.3, 0.4) is 0 Å². The van der Waals surface area contributed by atoms with E-state index in [1.165, 1.54) is 0 Å². The lowest BCUT2D eigenvalue weighted by Gasteiger charge is -2.09. The molecule has 238 valence electrons. The Hall–Kier alpha value is -7.05. The van der Waals surface area contributed by atoms with Crippen LogP contribution in [0.2, 0.25) is 0 Å². The molecule has 51 heavy (non-hydrogen) atoms. The van der Waals surface area contributed by atoms with Gasteiger partial charge in [-0.3, -0.25) is 0 Å². The fraction of sp³-hybridized carbons (Fsp3) is 0. The zero-order valence-corrected chi connectivity index (χ0v) is 27.0. The summed E-state index contributed by atoms with van der Waals surface area (Å²) in [5.41, 5.74) is 9.56. The second-order valence-electron chi connectivity index (χ2n) is 12.8. The van der Waals surface area contributed by atoms with Crippen molar-refractivity contribution in [3.05, 3.63) is 152 Å². The molecule has 0 aliphatic rings. The zero-order chi connectivity index (χ0) is 33.5. The van der Waals surface area contributed by atoms with Crippen molar-refractivity contribution in [1.82, 2.24) is 15.0 Å². The molecule has 0 saturated heterocycles. The molecule has 6 heteroatoms. The van der Waals surface area contributed by atoms with Crippen molar-refractivity contribution >= 4 is 65.8 Å². The quantitative estimate of drug-likeness (QED) is 0.188. The molecule has 11 rings (SSSR count). The van der Waals surface area contributed by atoms with E-state index in [1.54, 1.807) is 0 Å². The minimum absolute atomic E-state index is 0.536. The van der Waals surface area contributed by atoms with Gasteiger partial charge >= 0.3 is 0 Å². The van der Waals surface area contributed by atoms with Crippen LogP contribution in [-0.4, -0.2) is 15.0 Å². The Morgan fingerprint density at radius 3 is 1.47 bits per heavy atom. The lowest BCUT2D eigenvalue weighted by atomic mass is 10.00. The average molecular weight is 656 g/mol. The fourth-order valence-electron chi connectivity index (χ4n) is 7.32. The van der Waals surface area contributed by atoms with Gasteiger partial charge in [-0.25, -0.2) is 15.0 Å². The Morgan fingerprint density at radius 1 is 0.294 bits per heavy atom. The minimum Gasteiger partial charge on any atom is -0.456 e. The third-order valence-corrected chi connectivity index (χ3v) is 9.76. The lowest BCUT2D eigenvalue weighted by Crippen LogP contribution is -2.00. The van der Waals surface area contributed by atoms with E-state index in [2.05, 4.69) is 54.6 Å². The summed E-state index contributed by atoms with van der Waals surface area (Å²) in [6.45, 7) is 0. The average Bonchev–Trinajstić information content (AvgIpc) is 3.89. The summed E-state index contributed by atoms with van der Waals surface area (Å²) in [7, 11) is 0. The summed E-state index contributed by atoms with van der Waals surface area (Å²) in [4.78, 5) is 15.2. The number of para-hydroxylation sites is 4. The van der Waals surface area contributed by atoms with Crippen LogP contribution in [-0.2, 0) is 0 Å². The van der Waals surface area contributed by atoms with Gasteiger partial charge in [-0.05, 0) is 54.1 Å². The van der Waals surface area contributed by atoms with E-state index >= 15 is 0 Å². The van der Waals surface area contributed by atoms with Crippen molar-refractivity contribution in [3.63, 3.8) is 0 Å². The molecule has 0 spiro atoms. The third-order valence-electron chi connectivity index (χ3n) is 9.76. The number of hydrogen-bond donors (Lipinski definition) is 0. The first-order valence-corrected chi connectivity index (χ1v) is 16.8. The van der Waals surface area contributed by atoms with Gasteiger partial charge in [0, 0.05) is 49.0 Å². The van der Waals surface area contributed by atoms with Gasteiger partial charge in [0.05, 0.1) is 5.56 Å². The molecule has 7 aromatic carbocycles. The largest absolute Gasteiger partial charge is 0.456 e. The SMILES string of the molecule is c1ccc(-c2nc(-c3ccc4oc5ccccc5c4c3)nc(-c3cccc4c3oc3c(-c5ccc6oc7ccccc7c6c5)cccc34)n2)cc1. The van der Waals surface area contributed by atoms with Crippen molar-refractivity contribution in [3.8, 4) is 45.3 Å². The predicted molar refractivity (Wildman–Crippen MR) is 203 cm³/mol. The van der Waals surface area contributed by atoms with Crippen molar-refractivity contribution in [2.24, 2.45) is 0 Å². The van der Waals surface area contributed by atoms with Crippen molar-refractivity contribution < 1.29 is 13.3 Å².